The van der Waals surface area contributed by atoms with Gasteiger partial charge in [-0.2, -0.15) is 0 Å². The molecule has 3 heteroatoms. The molecule has 1 rings (SSSR count). The van der Waals surface area contributed by atoms with Gasteiger partial charge in [0.1, 0.15) is 0 Å². The summed E-state index contributed by atoms with van der Waals surface area (Å²) in [5.41, 5.74) is 0. The van der Waals surface area contributed by atoms with Crippen molar-refractivity contribution in [1.82, 2.24) is 0 Å². The molecule has 15 heavy (non-hydrogen) atoms. The molecular formula is C12H18O2S. The summed E-state index contributed by atoms with van der Waals surface area (Å²) in [6, 6.07) is 3.79. The topological polar surface area (TPSA) is 26.3 Å². The van der Waals surface area contributed by atoms with Crippen LogP contribution in [0.5, 0.6) is 0 Å². The Balaban J connectivity index is 2.03. The van der Waals surface area contributed by atoms with Crippen molar-refractivity contribution in [2.75, 3.05) is 13.2 Å². The van der Waals surface area contributed by atoms with E-state index in [1.165, 1.54) is 11.3 Å². The molecule has 0 radical (unpaired) electrons. The maximum absolute atomic E-state index is 11.5. The monoisotopic (exact) mass is 226 g/mol. The van der Waals surface area contributed by atoms with Crippen LogP contribution in [0.25, 0.3) is 0 Å². The van der Waals surface area contributed by atoms with Crippen molar-refractivity contribution in [3.8, 4) is 0 Å². The zero-order chi connectivity index (χ0) is 10.9. The van der Waals surface area contributed by atoms with Crippen LogP contribution >= 0.6 is 11.3 Å². The average molecular weight is 226 g/mol. The highest BCUT2D eigenvalue weighted by Gasteiger charge is 2.05. The van der Waals surface area contributed by atoms with Gasteiger partial charge in [0.2, 0.25) is 0 Å². The Morgan fingerprint density at radius 2 is 2.20 bits per heavy atom. The average Bonchev–Trinajstić information content (AvgIpc) is 2.76. The number of carbonyl (C=O) groups is 1. The van der Waals surface area contributed by atoms with Crippen LogP contribution in [0.15, 0.2) is 17.5 Å². The summed E-state index contributed by atoms with van der Waals surface area (Å²) < 4.78 is 5.39. The van der Waals surface area contributed by atoms with E-state index in [1.807, 2.05) is 17.5 Å². The molecule has 0 aliphatic rings. The van der Waals surface area contributed by atoms with E-state index in [2.05, 4.69) is 6.92 Å². The predicted octanol–water partition coefficient (Wildman–Crippen LogP) is 3.53. The third-order valence-electron chi connectivity index (χ3n) is 2.13. The number of rotatable bonds is 8. The van der Waals surface area contributed by atoms with E-state index in [4.69, 9.17) is 4.74 Å². The maximum atomic E-state index is 11.5. The molecule has 0 spiro atoms. The Morgan fingerprint density at radius 3 is 2.87 bits per heavy atom. The molecule has 0 amide bonds. The van der Waals surface area contributed by atoms with Gasteiger partial charge < -0.3 is 4.74 Å². The Bertz CT molecular complexity index is 267. The molecule has 0 saturated heterocycles. The lowest BCUT2D eigenvalue weighted by Gasteiger charge is -2.01. The molecule has 0 saturated carbocycles. The number of ether oxygens (including phenoxy) is 1. The van der Waals surface area contributed by atoms with Crippen LogP contribution in [-0.2, 0) is 4.74 Å². The van der Waals surface area contributed by atoms with E-state index in [0.717, 1.165) is 30.7 Å². The van der Waals surface area contributed by atoms with Gasteiger partial charge in [0.25, 0.3) is 0 Å². The first-order valence-electron chi connectivity index (χ1n) is 5.49. The molecule has 0 unspecified atom stereocenters. The SMILES string of the molecule is CCCCOCCCC(=O)c1cccs1. The number of hydrogen-bond acceptors (Lipinski definition) is 3. The molecule has 0 aliphatic carbocycles. The Hall–Kier alpha value is -0.670. The highest BCUT2D eigenvalue weighted by molar-refractivity contribution is 7.12. The Labute approximate surface area is 95.3 Å². The number of hydrogen-bond donors (Lipinski definition) is 0. The minimum atomic E-state index is 0.240. The van der Waals surface area contributed by atoms with Crippen molar-refractivity contribution >= 4 is 17.1 Å². The van der Waals surface area contributed by atoms with E-state index < -0.39 is 0 Å². The highest BCUT2D eigenvalue weighted by Crippen LogP contribution is 2.12. The first-order chi connectivity index (χ1) is 7.34. The number of unbranched alkanes of at least 4 members (excludes halogenated alkanes) is 1. The fourth-order valence-electron chi connectivity index (χ4n) is 1.24. The summed E-state index contributed by atoms with van der Waals surface area (Å²) in [5, 5.41) is 1.94. The number of Topliss-reactive ketones (excluding diaryl/α,β-unsaturated/α-hetero) is 1. The van der Waals surface area contributed by atoms with Gasteiger partial charge in [-0.3, -0.25) is 4.79 Å². The van der Waals surface area contributed by atoms with E-state index in [1.54, 1.807) is 0 Å². The summed E-state index contributed by atoms with van der Waals surface area (Å²) in [5.74, 6) is 0.240. The van der Waals surface area contributed by atoms with Gasteiger partial charge in [-0.25, -0.2) is 0 Å². The lowest BCUT2D eigenvalue weighted by molar-refractivity contribution is 0.0938. The molecular weight excluding hydrogens is 208 g/mol. The summed E-state index contributed by atoms with van der Waals surface area (Å²) in [4.78, 5) is 12.4. The van der Waals surface area contributed by atoms with Gasteiger partial charge in [0, 0.05) is 19.6 Å². The molecule has 1 heterocycles. The van der Waals surface area contributed by atoms with Crippen molar-refractivity contribution < 1.29 is 9.53 Å². The van der Waals surface area contributed by atoms with Gasteiger partial charge >= 0.3 is 0 Å². The summed E-state index contributed by atoms with van der Waals surface area (Å²) >= 11 is 1.51. The van der Waals surface area contributed by atoms with Crippen LogP contribution in [0.1, 0.15) is 42.3 Å². The molecule has 1 aromatic heterocycles. The van der Waals surface area contributed by atoms with Gasteiger partial charge in [0.05, 0.1) is 4.88 Å². The van der Waals surface area contributed by atoms with Crippen LogP contribution in [0.2, 0.25) is 0 Å². The zero-order valence-electron chi connectivity index (χ0n) is 9.20. The highest BCUT2D eigenvalue weighted by atomic mass is 32.1. The van der Waals surface area contributed by atoms with Gasteiger partial charge in [0.15, 0.2) is 5.78 Å². The number of carbonyl (C=O) groups excluding carboxylic acids is 1. The van der Waals surface area contributed by atoms with Crippen LogP contribution in [0.4, 0.5) is 0 Å². The number of thiophene rings is 1. The van der Waals surface area contributed by atoms with Crippen molar-refractivity contribution in [1.29, 1.82) is 0 Å². The molecule has 0 bridgehead atoms. The quantitative estimate of drug-likeness (QED) is 0.500. The first-order valence-corrected chi connectivity index (χ1v) is 6.37. The van der Waals surface area contributed by atoms with Crippen molar-refractivity contribution in [3.05, 3.63) is 22.4 Å². The zero-order valence-corrected chi connectivity index (χ0v) is 10.0. The van der Waals surface area contributed by atoms with E-state index in [-0.39, 0.29) is 5.78 Å². The van der Waals surface area contributed by atoms with Gasteiger partial charge in [-0.15, -0.1) is 11.3 Å². The fourth-order valence-corrected chi connectivity index (χ4v) is 1.94. The number of ketones is 1. The lowest BCUT2D eigenvalue weighted by atomic mass is 10.2. The van der Waals surface area contributed by atoms with Crippen LogP contribution in [0.3, 0.4) is 0 Å². The minimum absolute atomic E-state index is 0.240. The van der Waals surface area contributed by atoms with E-state index >= 15 is 0 Å². The summed E-state index contributed by atoms with van der Waals surface area (Å²) in [6.07, 6.45) is 3.71. The molecule has 0 aromatic carbocycles. The molecule has 84 valence electrons. The third kappa shape index (κ3) is 5.09. The molecule has 0 aliphatic heterocycles. The van der Waals surface area contributed by atoms with Crippen LogP contribution < -0.4 is 0 Å². The summed E-state index contributed by atoms with van der Waals surface area (Å²) in [7, 11) is 0. The van der Waals surface area contributed by atoms with Gasteiger partial charge in [-0.05, 0) is 24.3 Å². The van der Waals surface area contributed by atoms with Crippen LogP contribution in [-0.4, -0.2) is 19.0 Å². The predicted molar refractivity (Wildman–Crippen MR) is 63.6 cm³/mol. The van der Waals surface area contributed by atoms with Gasteiger partial charge in [-0.1, -0.05) is 19.4 Å². The summed E-state index contributed by atoms with van der Waals surface area (Å²) in [6.45, 7) is 3.67. The lowest BCUT2D eigenvalue weighted by Crippen LogP contribution is -2.01. The van der Waals surface area contributed by atoms with Crippen molar-refractivity contribution in [2.24, 2.45) is 0 Å². The second kappa shape index (κ2) is 7.60. The van der Waals surface area contributed by atoms with Crippen molar-refractivity contribution in [3.63, 3.8) is 0 Å². The molecule has 0 atom stereocenters. The van der Waals surface area contributed by atoms with Crippen LogP contribution in [0, 0.1) is 0 Å². The normalized spacial score (nSPS) is 10.5. The molecule has 1 aromatic rings. The third-order valence-corrected chi connectivity index (χ3v) is 3.04. The minimum Gasteiger partial charge on any atom is -0.381 e. The fraction of sp³-hybridized carbons (Fsp3) is 0.583. The Morgan fingerprint density at radius 1 is 1.40 bits per heavy atom. The smallest absolute Gasteiger partial charge is 0.172 e. The second-order valence-corrected chi connectivity index (χ2v) is 4.42. The molecule has 2 nitrogen and oxygen atoms in total. The second-order valence-electron chi connectivity index (χ2n) is 3.47. The van der Waals surface area contributed by atoms with E-state index in [9.17, 15) is 4.79 Å². The van der Waals surface area contributed by atoms with E-state index in [0.29, 0.717) is 13.0 Å². The largest absolute Gasteiger partial charge is 0.381 e. The standard InChI is InChI=1S/C12H18O2S/c1-2-3-8-14-9-4-6-11(13)12-7-5-10-15-12/h5,7,10H,2-4,6,8-9H2,1H3. The maximum Gasteiger partial charge on any atom is 0.172 e. The Kier molecular flexibility index (Phi) is 6.28. The first kappa shape index (κ1) is 12.4. The van der Waals surface area contributed by atoms with Crippen molar-refractivity contribution in [2.45, 2.75) is 32.6 Å². The molecule has 0 fully saturated rings. The molecule has 0 N–H and O–H groups in total.